The van der Waals surface area contributed by atoms with Gasteiger partial charge in [-0.15, -0.1) is 0 Å². The number of methoxy groups -OCH3 is 1. The summed E-state index contributed by atoms with van der Waals surface area (Å²) < 4.78 is 4.96. The van der Waals surface area contributed by atoms with Gasteiger partial charge in [-0.25, -0.2) is 0 Å². The van der Waals surface area contributed by atoms with Crippen LogP contribution in [-0.2, 0) is 4.74 Å². The number of ether oxygens (including phenoxy) is 1. The third-order valence-electron chi connectivity index (χ3n) is 2.07. The Morgan fingerprint density at radius 3 is 2.50 bits per heavy atom. The molecule has 0 aliphatic rings. The summed E-state index contributed by atoms with van der Waals surface area (Å²) in [5, 5.41) is 17.4. The largest absolute Gasteiger partial charge is 0.383 e. The molecule has 0 rings (SSSR count). The molecule has 0 N–H and O–H groups in total. The average Bonchev–Trinajstić information content (AvgIpc) is 2.22. The van der Waals surface area contributed by atoms with Gasteiger partial charge >= 0.3 is 0 Å². The molecule has 0 saturated heterocycles. The van der Waals surface area contributed by atoms with Crippen molar-refractivity contribution in [1.29, 1.82) is 10.5 Å². The molecule has 0 aromatic rings. The Hall–Kier alpha value is -1.10. The summed E-state index contributed by atoms with van der Waals surface area (Å²) in [7, 11) is 1.63. The van der Waals surface area contributed by atoms with Crippen molar-refractivity contribution in [3.63, 3.8) is 0 Å². The van der Waals surface area contributed by atoms with Gasteiger partial charge in [0.15, 0.2) is 0 Å². The monoisotopic (exact) mass is 195 g/mol. The van der Waals surface area contributed by atoms with E-state index >= 15 is 0 Å². The minimum atomic E-state index is -0.0986. The zero-order chi connectivity index (χ0) is 10.8. The SMILES string of the molecule is CCC(C#N)N(CCC#N)CCOC. The summed E-state index contributed by atoms with van der Waals surface area (Å²) >= 11 is 0. The number of nitrogens with zero attached hydrogens (tertiary/aromatic N) is 3. The molecule has 0 heterocycles. The topological polar surface area (TPSA) is 60.0 Å². The molecule has 0 bridgehead atoms. The molecule has 0 radical (unpaired) electrons. The maximum Gasteiger partial charge on any atom is 0.0976 e. The molecule has 0 aliphatic carbocycles. The summed E-state index contributed by atoms with van der Waals surface area (Å²) in [6, 6.07) is 4.22. The van der Waals surface area contributed by atoms with Crippen LogP contribution in [0.4, 0.5) is 0 Å². The van der Waals surface area contributed by atoms with Crippen LogP contribution in [0.5, 0.6) is 0 Å². The molecule has 0 aliphatic heterocycles. The van der Waals surface area contributed by atoms with Crippen LogP contribution in [0.3, 0.4) is 0 Å². The summed E-state index contributed by atoms with van der Waals surface area (Å²) in [6.07, 6.45) is 1.24. The van der Waals surface area contributed by atoms with Crippen molar-refractivity contribution < 1.29 is 4.74 Å². The smallest absolute Gasteiger partial charge is 0.0976 e. The molecular formula is C10H17N3O. The third-order valence-corrected chi connectivity index (χ3v) is 2.07. The summed E-state index contributed by atoms with van der Waals surface area (Å²) in [6.45, 7) is 3.93. The van der Waals surface area contributed by atoms with E-state index in [-0.39, 0.29) is 6.04 Å². The quantitative estimate of drug-likeness (QED) is 0.611. The zero-order valence-electron chi connectivity index (χ0n) is 8.86. The first kappa shape index (κ1) is 12.9. The van der Waals surface area contributed by atoms with Gasteiger partial charge in [0.2, 0.25) is 0 Å². The second-order valence-corrected chi connectivity index (χ2v) is 2.99. The molecule has 78 valence electrons. The number of nitriles is 2. The summed E-state index contributed by atoms with van der Waals surface area (Å²) in [5.74, 6) is 0. The molecular weight excluding hydrogens is 178 g/mol. The van der Waals surface area contributed by atoms with E-state index < -0.39 is 0 Å². The van der Waals surface area contributed by atoms with E-state index in [1.54, 1.807) is 7.11 Å². The lowest BCUT2D eigenvalue weighted by Crippen LogP contribution is -2.37. The fourth-order valence-corrected chi connectivity index (χ4v) is 1.26. The highest BCUT2D eigenvalue weighted by atomic mass is 16.5. The molecule has 0 spiro atoms. The first-order valence-electron chi connectivity index (χ1n) is 4.79. The molecule has 0 saturated carbocycles. The molecule has 0 amide bonds. The molecule has 0 aromatic heterocycles. The maximum atomic E-state index is 8.88. The fraction of sp³-hybridized carbons (Fsp3) is 0.800. The molecule has 14 heavy (non-hydrogen) atoms. The number of hydrogen-bond acceptors (Lipinski definition) is 4. The summed E-state index contributed by atoms with van der Waals surface area (Å²) in [4.78, 5) is 1.99. The Morgan fingerprint density at radius 2 is 2.07 bits per heavy atom. The van der Waals surface area contributed by atoms with E-state index in [9.17, 15) is 0 Å². The van der Waals surface area contributed by atoms with E-state index in [2.05, 4.69) is 12.1 Å². The van der Waals surface area contributed by atoms with E-state index in [0.29, 0.717) is 26.1 Å². The van der Waals surface area contributed by atoms with Gasteiger partial charge in [-0.2, -0.15) is 10.5 Å². The van der Waals surface area contributed by atoms with Gasteiger partial charge in [0.25, 0.3) is 0 Å². The molecule has 1 unspecified atom stereocenters. The highest BCUT2D eigenvalue weighted by molar-refractivity contribution is 4.91. The minimum Gasteiger partial charge on any atom is -0.383 e. The highest BCUT2D eigenvalue weighted by Crippen LogP contribution is 2.03. The Morgan fingerprint density at radius 1 is 1.36 bits per heavy atom. The molecule has 4 heteroatoms. The minimum absolute atomic E-state index is 0.0986. The standard InChI is InChI=1S/C10H17N3O/c1-3-10(9-12)13(6-4-5-11)7-8-14-2/h10H,3-4,6-8H2,1-2H3. The van der Waals surface area contributed by atoms with Gasteiger partial charge < -0.3 is 4.74 Å². The van der Waals surface area contributed by atoms with Gasteiger partial charge in [-0.3, -0.25) is 4.90 Å². The van der Waals surface area contributed by atoms with Crippen LogP contribution in [0, 0.1) is 22.7 Å². The number of rotatable bonds is 7. The lowest BCUT2D eigenvalue weighted by atomic mass is 10.2. The number of hydrogen-bond donors (Lipinski definition) is 0. The average molecular weight is 195 g/mol. The van der Waals surface area contributed by atoms with Crippen molar-refractivity contribution in [3.05, 3.63) is 0 Å². The van der Waals surface area contributed by atoms with Gasteiger partial charge in [0.05, 0.1) is 24.8 Å². The zero-order valence-corrected chi connectivity index (χ0v) is 8.86. The first-order valence-corrected chi connectivity index (χ1v) is 4.79. The van der Waals surface area contributed by atoms with Crippen molar-refractivity contribution in [1.82, 2.24) is 4.90 Å². The van der Waals surface area contributed by atoms with Gasteiger partial charge in [0.1, 0.15) is 0 Å². The van der Waals surface area contributed by atoms with Gasteiger partial charge in [0, 0.05) is 26.6 Å². The first-order chi connectivity index (χ1) is 6.79. The highest BCUT2D eigenvalue weighted by Gasteiger charge is 2.14. The maximum absolute atomic E-state index is 8.88. The van der Waals surface area contributed by atoms with Gasteiger partial charge in [-0.1, -0.05) is 6.92 Å². The second kappa shape index (κ2) is 8.50. The Labute approximate surface area is 85.7 Å². The van der Waals surface area contributed by atoms with Crippen molar-refractivity contribution >= 4 is 0 Å². The molecule has 1 atom stereocenters. The fourth-order valence-electron chi connectivity index (χ4n) is 1.26. The van der Waals surface area contributed by atoms with Crippen molar-refractivity contribution in [2.45, 2.75) is 25.8 Å². The summed E-state index contributed by atoms with van der Waals surface area (Å²) in [5.41, 5.74) is 0. The van der Waals surface area contributed by atoms with Crippen LogP contribution in [-0.4, -0.2) is 37.7 Å². The normalized spacial score (nSPS) is 12.1. The molecule has 4 nitrogen and oxygen atoms in total. The van der Waals surface area contributed by atoms with Gasteiger partial charge in [-0.05, 0) is 6.42 Å². The van der Waals surface area contributed by atoms with Crippen LogP contribution in [0.2, 0.25) is 0 Å². The van der Waals surface area contributed by atoms with Crippen LogP contribution in [0.15, 0.2) is 0 Å². The Balaban J connectivity index is 4.09. The predicted octanol–water partition coefficient (Wildman–Crippen LogP) is 1.15. The molecule has 0 aromatic carbocycles. The van der Waals surface area contributed by atoms with Crippen molar-refractivity contribution in [2.75, 3.05) is 26.8 Å². The van der Waals surface area contributed by atoms with E-state index in [0.717, 1.165) is 6.42 Å². The predicted molar refractivity (Wildman–Crippen MR) is 53.4 cm³/mol. The molecule has 0 fully saturated rings. The van der Waals surface area contributed by atoms with Crippen LogP contribution < -0.4 is 0 Å². The van der Waals surface area contributed by atoms with Crippen LogP contribution in [0.25, 0.3) is 0 Å². The second-order valence-electron chi connectivity index (χ2n) is 2.99. The Kier molecular flexibility index (Phi) is 7.83. The lowest BCUT2D eigenvalue weighted by molar-refractivity contribution is 0.134. The van der Waals surface area contributed by atoms with Crippen LogP contribution in [0.1, 0.15) is 19.8 Å². The Bertz CT molecular complexity index is 216. The van der Waals surface area contributed by atoms with Crippen molar-refractivity contribution in [3.8, 4) is 12.1 Å². The lowest BCUT2D eigenvalue weighted by Gasteiger charge is -2.24. The van der Waals surface area contributed by atoms with E-state index in [1.165, 1.54) is 0 Å². The third kappa shape index (κ3) is 4.81. The van der Waals surface area contributed by atoms with E-state index in [4.69, 9.17) is 15.3 Å². The van der Waals surface area contributed by atoms with E-state index in [1.807, 2.05) is 11.8 Å². The van der Waals surface area contributed by atoms with Crippen molar-refractivity contribution in [2.24, 2.45) is 0 Å². The van der Waals surface area contributed by atoms with Crippen LogP contribution >= 0.6 is 0 Å².